The molecule has 0 spiro atoms. The van der Waals surface area contributed by atoms with Crippen LogP contribution in [-0.4, -0.2) is 4.92 Å². The molecule has 2 aromatic rings. The Bertz CT molecular complexity index is 796. The van der Waals surface area contributed by atoms with E-state index in [9.17, 15) is 10.1 Å². The molecule has 0 bridgehead atoms. The van der Waals surface area contributed by atoms with Crippen LogP contribution in [0.15, 0.2) is 54.6 Å². The Morgan fingerprint density at radius 1 is 1.17 bits per heavy atom. The summed E-state index contributed by atoms with van der Waals surface area (Å²) in [7, 11) is 0. The van der Waals surface area contributed by atoms with E-state index >= 15 is 0 Å². The zero-order chi connectivity index (χ0) is 16.0. The van der Waals surface area contributed by atoms with Crippen LogP contribution in [0.3, 0.4) is 0 Å². The number of anilines is 1. The number of allylic oxidation sites excluding steroid dienone is 2. The Labute approximate surface area is 135 Å². The maximum Gasteiger partial charge on any atom is 0.269 e. The van der Waals surface area contributed by atoms with Crippen LogP contribution in [0.4, 0.5) is 11.4 Å². The molecule has 23 heavy (non-hydrogen) atoms. The number of hydrogen-bond donors (Lipinski definition) is 1. The Morgan fingerprint density at radius 2 is 1.96 bits per heavy atom. The molecule has 0 unspecified atom stereocenters. The van der Waals surface area contributed by atoms with Gasteiger partial charge in [-0.15, -0.1) is 0 Å². The molecule has 1 N–H and O–H groups in total. The summed E-state index contributed by atoms with van der Waals surface area (Å²) in [4.78, 5) is 10.5. The second-order valence-corrected chi connectivity index (χ2v) is 6.41. The second kappa shape index (κ2) is 5.23. The highest BCUT2D eigenvalue weighted by atomic mass is 16.6. The number of benzene rings is 2. The minimum absolute atomic E-state index is 0.140. The second-order valence-electron chi connectivity index (χ2n) is 6.41. The van der Waals surface area contributed by atoms with E-state index in [1.807, 2.05) is 12.1 Å². The predicted molar refractivity (Wildman–Crippen MR) is 90.6 cm³/mol. The van der Waals surface area contributed by atoms with Crippen molar-refractivity contribution in [1.82, 2.24) is 0 Å². The first-order valence-corrected chi connectivity index (χ1v) is 7.91. The van der Waals surface area contributed by atoms with Crippen LogP contribution in [0.2, 0.25) is 0 Å². The first-order valence-electron chi connectivity index (χ1n) is 7.91. The Balaban J connectivity index is 1.73. The van der Waals surface area contributed by atoms with Crippen molar-refractivity contribution in [2.75, 3.05) is 5.32 Å². The number of nitro benzene ring substituents is 1. The van der Waals surface area contributed by atoms with Crippen LogP contribution in [-0.2, 0) is 0 Å². The molecular formula is C19H18N2O2. The van der Waals surface area contributed by atoms with Crippen molar-refractivity contribution in [1.29, 1.82) is 0 Å². The van der Waals surface area contributed by atoms with Gasteiger partial charge in [0.25, 0.3) is 5.69 Å². The zero-order valence-electron chi connectivity index (χ0n) is 12.9. The first-order chi connectivity index (χ1) is 11.1. The molecule has 4 nitrogen and oxygen atoms in total. The maximum absolute atomic E-state index is 10.8. The van der Waals surface area contributed by atoms with E-state index in [1.165, 1.54) is 16.8 Å². The summed E-state index contributed by atoms with van der Waals surface area (Å²) in [6, 6.07) is 13.7. The average Bonchev–Trinajstić information content (AvgIpc) is 3.04. The first kappa shape index (κ1) is 14.0. The van der Waals surface area contributed by atoms with Gasteiger partial charge in [-0.3, -0.25) is 10.1 Å². The standard InChI is InChI=1S/C19H18N2O2/c1-12-5-10-18-17(11-12)15-3-2-4-16(15)19(20-18)13-6-8-14(9-7-13)21(22)23/h2-3,5-11,15-16,19-20H,4H2,1H3/t15-,16+,19+/m1/s1. The molecule has 0 saturated heterocycles. The Morgan fingerprint density at radius 3 is 2.70 bits per heavy atom. The van der Waals surface area contributed by atoms with E-state index in [0.717, 1.165) is 12.0 Å². The SMILES string of the molecule is Cc1ccc2c(c1)[C@@H]1C=CC[C@@H]1[C@H](c1ccc([N+](=O)[O-])cc1)N2. The number of non-ortho nitro benzene ring substituents is 1. The van der Waals surface area contributed by atoms with Gasteiger partial charge in [-0.05, 0) is 36.5 Å². The van der Waals surface area contributed by atoms with E-state index in [1.54, 1.807) is 12.1 Å². The van der Waals surface area contributed by atoms with E-state index in [0.29, 0.717) is 11.8 Å². The number of nitro groups is 1. The van der Waals surface area contributed by atoms with Gasteiger partial charge in [0.05, 0.1) is 11.0 Å². The van der Waals surface area contributed by atoms with Crippen LogP contribution in [0.25, 0.3) is 0 Å². The Hall–Kier alpha value is -2.62. The number of rotatable bonds is 2. The Kier molecular flexibility index (Phi) is 3.18. The number of nitrogens with one attached hydrogen (secondary N) is 1. The molecule has 0 amide bonds. The van der Waals surface area contributed by atoms with Crippen molar-refractivity contribution >= 4 is 11.4 Å². The molecule has 116 valence electrons. The van der Waals surface area contributed by atoms with Crippen molar-refractivity contribution < 1.29 is 4.92 Å². The topological polar surface area (TPSA) is 55.2 Å². The summed E-state index contributed by atoms with van der Waals surface area (Å²) in [6.45, 7) is 2.12. The van der Waals surface area contributed by atoms with Gasteiger partial charge < -0.3 is 5.32 Å². The molecular weight excluding hydrogens is 288 g/mol. The highest BCUT2D eigenvalue weighted by molar-refractivity contribution is 5.60. The van der Waals surface area contributed by atoms with Crippen molar-refractivity contribution in [3.63, 3.8) is 0 Å². The lowest BCUT2D eigenvalue weighted by molar-refractivity contribution is -0.384. The fourth-order valence-corrected chi connectivity index (χ4v) is 3.85. The lowest BCUT2D eigenvalue weighted by atomic mass is 9.76. The molecule has 2 aliphatic rings. The minimum Gasteiger partial charge on any atom is -0.378 e. The smallest absolute Gasteiger partial charge is 0.269 e. The summed E-state index contributed by atoms with van der Waals surface area (Å²) < 4.78 is 0. The molecule has 0 radical (unpaired) electrons. The average molecular weight is 306 g/mol. The fourth-order valence-electron chi connectivity index (χ4n) is 3.85. The van der Waals surface area contributed by atoms with Crippen LogP contribution in [0, 0.1) is 23.0 Å². The lowest BCUT2D eigenvalue weighted by Gasteiger charge is -2.37. The monoisotopic (exact) mass is 306 g/mol. The van der Waals surface area contributed by atoms with E-state index in [-0.39, 0.29) is 16.7 Å². The highest BCUT2D eigenvalue weighted by Crippen LogP contribution is 2.49. The summed E-state index contributed by atoms with van der Waals surface area (Å²) in [6.07, 6.45) is 5.60. The van der Waals surface area contributed by atoms with Gasteiger partial charge in [-0.1, -0.05) is 42.0 Å². The quantitative estimate of drug-likeness (QED) is 0.496. The molecule has 4 heteroatoms. The number of hydrogen-bond acceptors (Lipinski definition) is 3. The van der Waals surface area contributed by atoms with E-state index in [4.69, 9.17) is 0 Å². The van der Waals surface area contributed by atoms with Gasteiger partial charge in [0.15, 0.2) is 0 Å². The predicted octanol–water partition coefficient (Wildman–Crippen LogP) is 4.73. The van der Waals surface area contributed by atoms with Crippen molar-refractivity contribution in [2.24, 2.45) is 5.92 Å². The summed E-state index contributed by atoms with van der Waals surface area (Å²) >= 11 is 0. The normalized spacial score (nSPS) is 24.7. The van der Waals surface area contributed by atoms with Gasteiger partial charge >= 0.3 is 0 Å². The number of fused-ring (bicyclic) bond motifs is 3. The molecule has 1 aliphatic heterocycles. The molecule has 2 aromatic carbocycles. The molecule has 3 atom stereocenters. The van der Waals surface area contributed by atoms with Crippen LogP contribution in [0.1, 0.15) is 35.1 Å². The summed E-state index contributed by atoms with van der Waals surface area (Å²) in [5.41, 5.74) is 5.06. The van der Waals surface area contributed by atoms with Crippen LogP contribution in [0.5, 0.6) is 0 Å². The van der Waals surface area contributed by atoms with Crippen molar-refractivity contribution in [3.05, 3.63) is 81.4 Å². The third-order valence-electron chi connectivity index (χ3n) is 4.98. The van der Waals surface area contributed by atoms with Crippen molar-refractivity contribution in [2.45, 2.75) is 25.3 Å². The van der Waals surface area contributed by atoms with Crippen LogP contribution < -0.4 is 5.32 Å². The third kappa shape index (κ3) is 2.31. The van der Waals surface area contributed by atoms with E-state index in [2.05, 4.69) is 42.6 Å². The summed E-state index contributed by atoms with van der Waals surface area (Å²) in [5, 5.41) is 14.5. The van der Waals surface area contributed by atoms with Crippen LogP contribution >= 0.6 is 0 Å². The molecule has 0 aromatic heterocycles. The minimum atomic E-state index is -0.351. The lowest BCUT2D eigenvalue weighted by Crippen LogP contribution is -2.29. The van der Waals surface area contributed by atoms with Gasteiger partial charge in [-0.25, -0.2) is 0 Å². The number of aryl methyl sites for hydroxylation is 1. The maximum atomic E-state index is 10.8. The fraction of sp³-hybridized carbons (Fsp3) is 0.263. The third-order valence-corrected chi connectivity index (χ3v) is 4.98. The molecule has 0 fully saturated rings. The molecule has 0 saturated carbocycles. The largest absolute Gasteiger partial charge is 0.378 e. The zero-order valence-corrected chi connectivity index (χ0v) is 12.9. The molecule has 1 heterocycles. The molecule has 4 rings (SSSR count). The van der Waals surface area contributed by atoms with Gasteiger partial charge in [0.2, 0.25) is 0 Å². The van der Waals surface area contributed by atoms with Crippen molar-refractivity contribution in [3.8, 4) is 0 Å². The molecule has 1 aliphatic carbocycles. The van der Waals surface area contributed by atoms with Gasteiger partial charge in [0.1, 0.15) is 0 Å². The van der Waals surface area contributed by atoms with Gasteiger partial charge in [-0.2, -0.15) is 0 Å². The highest BCUT2D eigenvalue weighted by Gasteiger charge is 2.37. The number of nitrogens with zero attached hydrogens (tertiary/aromatic N) is 1. The van der Waals surface area contributed by atoms with Gasteiger partial charge in [0, 0.05) is 23.7 Å². The van der Waals surface area contributed by atoms with E-state index < -0.39 is 0 Å². The summed E-state index contributed by atoms with van der Waals surface area (Å²) in [5.74, 6) is 0.886.